The van der Waals surface area contributed by atoms with E-state index < -0.39 is 11.9 Å². The molecule has 0 aliphatic carbocycles. The number of carbonyl (C=O) groups excluding carboxylic acids is 1. The largest absolute Gasteiger partial charge is 0.368 e. The molecule has 0 radical (unpaired) electrons. The molecule has 14 heavy (non-hydrogen) atoms. The Balaban J connectivity index is 2.82. The predicted molar refractivity (Wildman–Crippen MR) is 61.9 cm³/mol. The molecule has 1 heterocycles. The number of primary amides is 1. The van der Waals surface area contributed by atoms with Crippen LogP contribution in [0.25, 0.3) is 0 Å². The van der Waals surface area contributed by atoms with Gasteiger partial charge in [0, 0.05) is 10.7 Å². The lowest BCUT2D eigenvalue weighted by molar-refractivity contribution is -0.118. The van der Waals surface area contributed by atoms with Gasteiger partial charge in [-0.2, -0.15) is 0 Å². The Morgan fingerprint density at radius 3 is 2.79 bits per heavy atom. The first-order chi connectivity index (χ1) is 6.50. The second-order valence-electron chi connectivity index (χ2n) is 2.75. The fourth-order valence-corrected chi connectivity index (χ4v) is 1.90. The summed E-state index contributed by atoms with van der Waals surface area (Å²) in [6.07, 6.45) is 1.64. The molecule has 6 heteroatoms. The molecule has 1 rings (SSSR count). The second kappa shape index (κ2) is 4.75. The summed E-state index contributed by atoms with van der Waals surface area (Å²) in [5.74, 6) is 0.182. The van der Waals surface area contributed by atoms with Crippen LogP contribution in [-0.4, -0.2) is 16.9 Å². The Hall–Kier alpha value is -0.620. The van der Waals surface area contributed by atoms with E-state index in [4.69, 9.17) is 5.73 Å². The van der Waals surface area contributed by atoms with Gasteiger partial charge in [-0.25, -0.2) is 4.98 Å². The third kappa shape index (κ3) is 2.95. The third-order valence-electron chi connectivity index (χ3n) is 1.59. The van der Waals surface area contributed by atoms with Crippen molar-refractivity contribution in [2.45, 2.75) is 13.0 Å². The van der Waals surface area contributed by atoms with Gasteiger partial charge < -0.3 is 11.1 Å². The molecule has 0 fully saturated rings. The summed E-state index contributed by atoms with van der Waals surface area (Å²) >= 11 is 6.60. The zero-order valence-electron chi connectivity index (χ0n) is 7.42. The number of aromatic nitrogens is 1. The number of nitrogens with two attached hydrogens (primary N) is 1. The van der Waals surface area contributed by atoms with E-state index in [9.17, 15) is 4.79 Å². The smallest absolute Gasteiger partial charge is 0.239 e. The molecule has 1 aromatic rings. The van der Waals surface area contributed by atoms with Gasteiger partial charge in [0.05, 0.1) is 4.47 Å². The van der Waals surface area contributed by atoms with Gasteiger partial charge in [-0.3, -0.25) is 4.79 Å². The minimum Gasteiger partial charge on any atom is -0.368 e. The number of hydrogen-bond donors (Lipinski definition) is 2. The van der Waals surface area contributed by atoms with Crippen LogP contribution in [-0.2, 0) is 4.79 Å². The molecule has 0 saturated heterocycles. The highest BCUT2D eigenvalue weighted by Crippen LogP contribution is 2.23. The van der Waals surface area contributed by atoms with Crippen LogP contribution in [0.2, 0.25) is 0 Å². The van der Waals surface area contributed by atoms with Crippen molar-refractivity contribution in [3.8, 4) is 0 Å². The zero-order chi connectivity index (χ0) is 10.7. The van der Waals surface area contributed by atoms with Crippen molar-refractivity contribution in [2.75, 3.05) is 5.32 Å². The van der Waals surface area contributed by atoms with E-state index in [1.165, 1.54) is 0 Å². The van der Waals surface area contributed by atoms with Crippen molar-refractivity contribution in [3.63, 3.8) is 0 Å². The Bertz CT molecular complexity index is 356. The average Bonchev–Trinajstić information content (AvgIpc) is 2.09. The van der Waals surface area contributed by atoms with Crippen LogP contribution in [0.1, 0.15) is 6.92 Å². The van der Waals surface area contributed by atoms with Crippen LogP contribution in [0.5, 0.6) is 0 Å². The van der Waals surface area contributed by atoms with Gasteiger partial charge in [-0.05, 0) is 44.8 Å². The van der Waals surface area contributed by atoms with E-state index in [-0.39, 0.29) is 0 Å². The summed E-state index contributed by atoms with van der Waals surface area (Å²) in [4.78, 5) is 14.9. The van der Waals surface area contributed by atoms with E-state index in [0.29, 0.717) is 5.82 Å². The van der Waals surface area contributed by atoms with Crippen LogP contribution >= 0.6 is 31.9 Å². The van der Waals surface area contributed by atoms with Gasteiger partial charge in [0.1, 0.15) is 11.9 Å². The lowest BCUT2D eigenvalue weighted by Crippen LogP contribution is -2.32. The van der Waals surface area contributed by atoms with Gasteiger partial charge >= 0.3 is 0 Å². The van der Waals surface area contributed by atoms with Crippen molar-refractivity contribution in [2.24, 2.45) is 5.73 Å². The van der Waals surface area contributed by atoms with Gasteiger partial charge in [-0.15, -0.1) is 0 Å². The highest BCUT2D eigenvalue weighted by Gasteiger charge is 2.10. The van der Waals surface area contributed by atoms with Crippen molar-refractivity contribution < 1.29 is 4.79 Å². The predicted octanol–water partition coefficient (Wildman–Crippen LogP) is 1.89. The highest BCUT2D eigenvalue weighted by atomic mass is 79.9. The topological polar surface area (TPSA) is 68.0 Å². The van der Waals surface area contributed by atoms with Crippen molar-refractivity contribution in [1.29, 1.82) is 0 Å². The number of halogens is 2. The van der Waals surface area contributed by atoms with Crippen LogP contribution < -0.4 is 11.1 Å². The molecular weight excluding hydrogens is 314 g/mol. The molecule has 0 aliphatic heterocycles. The molecule has 1 unspecified atom stereocenters. The van der Waals surface area contributed by atoms with E-state index in [0.717, 1.165) is 8.95 Å². The quantitative estimate of drug-likeness (QED) is 0.893. The molecule has 76 valence electrons. The highest BCUT2D eigenvalue weighted by molar-refractivity contribution is 9.11. The minimum atomic E-state index is -0.444. The maximum Gasteiger partial charge on any atom is 0.239 e. The summed E-state index contributed by atoms with van der Waals surface area (Å²) in [5.41, 5.74) is 5.11. The van der Waals surface area contributed by atoms with Crippen molar-refractivity contribution in [1.82, 2.24) is 4.98 Å². The Kier molecular flexibility index (Phi) is 3.88. The minimum absolute atomic E-state index is 0.415. The first-order valence-electron chi connectivity index (χ1n) is 3.87. The Morgan fingerprint density at radius 2 is 2.29 bits per heavy atom. The average molecular weight is 323 g/mol. The molecule has 0 saturated carbocycles. The molecule has 1 amide bonds. The standard InChI is InChI=1S/C8H9Br2N3O/c1-4(7(11)14)13-8-6(10)2-5(9)3-12-8/h2-4H,1H3,(H2,11,14)(H,12,13). The molecule has 0 bridgehead atoms. The molecule has 1 aromatic heterocycles. The molecule has 1 atom stereocenters. The molecule has 0 aliphatic rings. The van der Waals surface area contributed by atoms with Gasteiger partial charge in [0.25, 0.3) is 0 Å². The van der Waals surface area contributed by atoms with Crippen LogP contribution in [0.3, 0.4) is 0 Å². The monoisotopic (exact) mass is 321 g/mol. The lowest BCUT2D eigenvalue weighted by Gasteiger charge is -2.11. The van der Waals surface area contributed by atoms with Crippen LogP contribution in [0.15, 0.2) is 21.2 Å². The van der Waals surface area contributed by atoms with Crippen molar-refractivity contribution >= 4 is 43.6 Å². The maximum atomic E-state index is 10.8. The van der Waals surface area contributed by atoms with Crippen LogP contribution in [0.4, 0.5) is 5.82 Å². The number of carbonyl (C=O) groups is 1. The SMILES string of the molecule is CC(Nc1ncc(Br)cc1Br)C(N)=O. The molecular formula is C8H9Br2N3O. The molecule has 0 spiro atoms. The number of anilines is 1. The second-order valence-corrected chi connectivity index (χ2v) is 4.52. The molecule has 4 nitrogen and oxygen atoms in total. The van der Waals surface area contributed by atoms with E-state index >= 15 is 0 Å². The number of amides is 1. The first kappa shape index (κ1) is 11.5. The lowest BCUT2D eigenvalue weighted by atomic mass is 10.3. The van der Waals surface area contributed by atoms with Crippen LogP contribution in [0, 0.1) is 0 Å². The summed E-state index contributed by atoms with van der Waals surface area (Å²) in [6.45, 7) is 1.68. The van der Waals surface area contributed by atoms with E-state index in [1.807, 2.05) is 6.07 Å². The van der Waals surface area contributed by atoms with Gasteiger partial charge in [-0.1, -0.05) is 0 Å². The third-order valence-corrected chi connectivity index (χ3v) is 2.63. The number of rotatable bonds is 3. The van der Waals surface area contributed by atoms with Gasteiger partial charge in [0.15, 0.2) is 0 Å². The fourth-order valence-electron chi connectivity index (χ4n) is 0.797. The zero-order valence-corrected chi connectivity index (χ0v) is 10.6. The van der Waals surface area contributed by atoms with Gasteiger partial charge in [0.2, 0.25) is 5.91 Å². The first-order valence-corrected chi connectivity index (χ1v) is 5.46. The number of pyridine rings is 1. The van der Waals surface area contributed by atoms with E-state index in [1.54, 1.807) is 13.1 Å². The summed E-state index contributed by atoms with van der Waals surface area (Å²) in [7, 11) is 0. The number of nitrogens with one attached hydrogen (secondary N) is 1. The normalized spacial score (nSPS) is 12.2. The van der Waals surface area contributed by atoms with E-state index in [2.05, 4.69) is 42.2 Å². The summed E-state index contributed by atoms with van der Waals surface area (Å²) in [6, 6.07) is 1.39. The Labute approximate surface area is 98.5 Å². The number of nitrogens with zero attached hydrogens (tertiary/aromatic N) is 1. The summed E-state index contributed by atoms with van der Waals surface area (Å²) in [5, 5.41) is 2.88. The van der Waals surface area contributed by atoms with Crippen molar-refractivity contribution in [3.05, 3.63) is 21.2 Å². The Morgan fingerprint density at radius 1 is 1.64 bits per heavy atom. The summed E-state index contributed by atoms with van der Waals surface area (Å²) < 4.78 is 1.64. The number of hydrogen-bond acceptors (Lipinski definition) is 3. The fraction of sp³-hybridized carbons (Fsp3) is 0.250. The molecule has 0 aromatic carbocycles. The maximum absolute atomic E-state index is 10.8. The molecule has 3 N–H and O–H groups in total.